The SMILES string of the molecule is CCCCC(CC)COCC(O)COc1cccc2c(OCC(O)COCC(CC)CCCC)cccc12. The predicted octanol–water partition coefficient (Wildman–Crippen LogP) is 6.79. The lowest BCUT2D eigenvalue weighted by Gasteiger charge is -2.19. The van der Waals surface area contributed by atoms with Crippen LogP contribution in [0.4, 0.5) is 0 Å². The lowest BCUT2D eigenvalue weighted by Crippen LogP contribution is -2.25. The fraction of sp³-hybridized carbons (Fsp3) is 0.688. The lowest BCUT2D eigenvalue weighted by molar-refractivity contribution is -0.00106. The molecule has 6 nitrogen and oxygen atoms in total. The molecule has 2 aromatic rings. The van der Waals surface area contributed by atoms with Crippen LogP contribution in [0.1, 0.15) is 79.1 Å². The van der Waals surface area contributed by atoms with Gasteiger partial charge in [-0.25, -0.2) is 0 Å². The van der Waals surface area contributed by atoms with Crippen LogP contribution in [-0.4, -0.2) is 62.1 Å². The normalized spacial score (nSPS) is 14.8. The van der Waals surface area contributed by atoms with Crippen molar-refractivity contribution < 1.29 is 29.2 Å². The summed E-state index contributed by atoms with van der Waals surface area (Å²) in [6.45, 7) is 11.0. The summed E-state index contributed by atoms with van der Waals surface area (Å²) in [7, 11) is 0. The van der Waals surface area contributed by atoms with Crippen LogP contribution in [0.3, 0.4) is 0 Å². The van der Waals surface area contributed by atoms with E-state index in [0.717, 1.165) is 23.6 Å². The van der Waals surface area contributed by atoms with Gasteiger partial charge < -0.3 is 29.2 Å². The molecule has 38 heavy (non-hydrogen) atoms. The lowest BCUT2D eigenvalue weighted by atomic mass is 10.0. The number of benzene rings is 2. The average Bonchev–Trinajstić information content (AvgIpc) is 2.94. The van der Waals surface area contributed by atoms with Gasteiger partial charge in [-0.1, -0.05) is 90.5 Å². The van der Waals surface area contributed by atoms with Crippen LogP contribution in [0.5, 0.6) is 11.5 Å². The second-order valence-electron chi connectivity index (χ2n) is 10.4. The number of ether oxygens (including phenoxy) is 4. The van der Waals surface area contributed by atoms with E-state index in [9.17, 15) is 10.2 Å². The van der Waals surface area contributed by atoms with Gasteiger partial charge in [0.15, 0.2) is 0 Å². The third-order valence-electron chi connectivity index (χ3n) is 7.12. The second kappa shape index (κ2) is 19.2. The van der Waals surface area contributed by atoms with Crippen LogP contribution < -0.4 is 9.47 Å². The van der Waals surface area contributed by atoms with Crippen molar-refractivity contribution in [1.29, 1.82) is 0 Å². The molecular formula is C32H52O6. The zero-order chi connectivity index (χ0) is 27.6. The standard InChI is InChI=1S/C32H52O6/c1-5-9-13-25(7-3)19-35-21-27(33)23-37-31-17-11-16-30-29(31)15-12-18-32(30)38-24-28(34)22-36-20-26(8-4)14-10-6-2/h11-12,15-18,25-28,33-34H,5-10,13-14,19-24H2,1-4H3. The Morgan fingerprint density at radius 1 is 0.579 bits per heavy atom. The molecule has 6 heteroatoms. The maximum absolute atomic E-state index is 10.4. The predicted molar refractivity (Wildman–Crippen MR) is 155 cm³/mol. The average molecular weight is 533 g/mol. The van der Waals surface area contributed by atoms with Crippen molar-refractivity contribution in [2.45, 2.75) is 91.3 Å². The number of aliphatic hydroxyl groups excluding tert-OH is 2. The van der Waals surface area contributed by atoms with E-state index in [1.54, 1.807) is 0 Å². The quantitative estimate of drug-likeness (QED) is 0.174. The van der Waals surface area contributed by atoms with E-state index in [2.05, 4.69) is 27.7 Å². The molecule has 0 aliphatic rings. The highest BCUT2D eigenvalue weighted by Gasteiger charge is 2.14. The highest BCUT2D eigenvalue weighted by atomic mass is 16.5. The smallest absolute Gasteiger partial charge is 0.127 e. The third-order valence-corrected chi connectivity index (χ3v) is 7.12. The molecule has 4 unspecified atom stereocenters. The van der Waals surface area contributed by atoms with E-state index in [-0.39, 0.29) is 26.4 Å². The number of unbranched alkanes of at least 4 members (excludes halogenated alkanes) is 2. The van der Waals surface area contributed by atoms with Gasteiger partial charge in [-0.15, -0.1) is 0 Å². The number of aliphatic hydroxyl groups is 2. The molecule has 0 saturated heterocycles. The van der Waals surface area contributed by atoms with E-state index < -0.39 is 12.2 Å². The Bertz CT molecular complexity index is 801. The van der Waals surface area contributed by atoms with Crippen molar-refractivity contribution in [2.24, 2.45) is 11.8 Å². The molecule has 0 aliphatic carbocycles. The van der Waals surface area contributed by atoms with E-state index in [1.807, 2.05) is 36.4 Å². The molecule has 0 bridgehead atoms. The molecule has 0 aromatic heterocycles. The van der Waals surface area contributed by atoms with Gasteiger partial charge in [-0.3, -0.25) is 0 Å². The van der Waals surface area contributed by atoms with Crippen molar-refractivity contribution in [3.05, 3.63) is 36.4 Å². The van der Waals surface area contributed by atoms with E-state index in [1.165, 1.54) is 38.5 Å². The first-order valence-electron chi connectivity index (χ1n) is 14.8. The molecule has 0 radical (unpaired) electrons. The van der Waals surface area contributed by atoms with Gasteiger partial charge in [0.2, 0.25) is 0 Å². The summed E-state index contributed by atoms with van der Waals surface area (Å²) in [6, 6.07) is 11.6. The van der Waals surface area contributed by atoms with Gasteiger partial charge in [0.25, 0.3) is 0 Å². The minimum atomic E-state index is -0.696. The zero-order valence-electron chi connectivity index (χ0n) is 24.2. The minimum absolute atomic E-state index is 0.156. The maximum Gasteiger partial charge on any atom is 0.127 e. The Morgan fingerprint density at radius 2 is 1.00 bits per heavy atom. The van der Waals surface area contributed by atoms with Crippen molar-refractivity contribution in [3.8, 4) is 11.5 Å². The fourth-order valence-corrected chi connectivity index (χ4v) is 4.51. The second-order valence-corrected chi connectivity index (χ2v) is 10.4. The Labute approximate surface area is 230 Å². The van der Waals surface area contributed by atoms with E-state index in [0.29, 0.717) is 36.5 Å². The van der Waals surface area contributed by atoms with Gasteiger partial charge in [0.05, 0.1) is 13.2 Å². The van der Waals surface area contributed by atoms with E-state index in [4.69, 9.17) is 18.9 Å². The summed E-state index contributed by atoms with van der Waals surface area (Å²) in [4.78, 5) is 0. The molecule has 2 aromatic carbocycles. The van der Waals surface area contributed by atoms with Gasteiger partial charge in [0.1, 0.15) is 36.9 Å². The Kier molecular flexibility index (Phi) is 16.4. The summed E-state index contributed by atoms with van der Waals surface area (Å²) in [5, 5.41) is 22.6. The molecule has 0 fully saturated rings. The molecule has 0 spiro atoms. The number of fused-ring (bicyclic) bond motifs is 1. The Morgan fingerprint density at radius 3 is 1.37 bits per heavy atom. The Hall–Kier alpha value is -1.86. The third kappa shape index (κ3) is 11.9. The maximum atomic E-state index is 10.4. The van der Waals surface area contributed by atoms with Crippen LogP contribution in [0, 0.1) is 11.8 Å². The van der Waals surface area contributed by atoms with Gasteiger partial charge >= 0.3 is 0 Å². The highest BCUT2D eigenvalue weighted by molar-refractivity contribution is 5.93. The fourth-order valence-electron chi connectivity index (χ4n) is 4.51. The summed E-state index contributed by atoms with van der Waals surface area (Å²) < 4.78 is 23.5. The van der Waals surface area contributed by atoms with Gasteiger partial charge in [-0.05, 0) is 36.8 Å². The molecular weight excluding hydrogens is 480 g/mol. The molecule has 2 rings (SSSR count). The summed E-state index contributed by atoms with van der Waals surface area (Å²) >= 11 is 0. The first-order chi connectivity index (χ1) is 18.5. The van der Waals surface area contributed by atoms with Crippen LogP contribution in [0.25, 0.3) is 10.8 Å². The van der Waals surface area contributed by atoms with Crippen molar-refractivity contribution in [2.75, 3.05) is 39.6 Å². The first-order valence-corrected chi connectivity index (χ1v) is 14.8. The van der Waals surface area contributed by atoms with Crippen molar-refractivity contribution >= 4 is 10.8 Å². The molecule has 0 aliphatic heterocycles. The van der Waals surface area contributed by atoms with Crippen LogP contribution >= 0.6 is 0 Å². The van der Waals surface area contributed by atoms with Crippen molar-refractivity contribution in [3.63, 3.8) is 0 Å². The number of hydrogen-bond acceptors (Lipinski definition) is 6. The number of hydrogen-bond donors (Lipinski definition) is 2. The largest absolute Gasteiger partial charge is 0.490 e. The topological polar surface area (TPSA) is 77.4 Å². The summed E-state index contributed by atoms with van der Waals surface area (Å²) in [5.74, 6) is 2.46. The summed E-state index contributed by atoms with van der Waals surface area (Å²) in [6.07, 6.45) is 7.94. The molecule has 0 heterocycles. The molecule has 0 amide bonds. The van der Waals surface area contributed by atoms with Gasteiger partial charge in [0, 0.05) is 24.0 Å². The number of rotatable bonds is 22. The molecule has 0 saturated carbocycles. The monoisotopic (exact) mass is 532 g/mol. The first kappa shape index (κ1) is 32.4. The zero-order valence-corrected chi connectivity index (χ0v) is 24.2. The van der Waals surface area contributed by atoms with Crippen LogP contribution in [-0.2, 0) is 9.47 Å². The van der Waals surface area contributed by atoms with Crippen LogP contribution in [0.15, 0.2) is 36.4 Å². The Balaban J connectivity index is 1.83. The molecule has 2 N–H and O–H groups in total. The highest BCUT2D eigenvalue weighted by Crippen LogP contribution is 2.32. The minimum Gasteiger partial charge on any atom is -0.490 e. The van der Waals surface area contributed by atoms with E-state index >= 15 is 0 Å². The van der Waals surface area contributed by atoms with Crippen molar-refractivity contribution in [1.82, 2.24) is 0 Å². The van der Waals surface area contributed by atoms with Crippen LogP contribution in [0.2, 0.25) is 0 Å². The molecule has 4 atom stereocenters. The van der Waals surface area contributed by atoms with Gasteiger partial charge in [-0.2, -0.15) is 0 Å². The summed E-state index contributed by atoms with van der Waals surface area (Å²) in [5.41, 5.74) is 0. The molecule has 216 valence electrons.